The Morgan fingerprint density at radius 1 is 0.118 bits per heavy atom. The van der Waals surface area contributed by atoms with E-state index in [0.717, 1.165) is 56.9 Å². The standard InChI is InChI=1S/C50H34N2.2C44H30N2/c1-2-11-41(12-3-1)51(43-30-26-37(27-31-43)40-21-20-39-19-18-38-10-4-5-13-45(38)48(39)34-40)42-28-22-35(23-29-42)36-24-32-44(33-25-36)52-49-16-8-6-14-46(49)47-15-7-9-17-50(47)52;1-2-14-36(15-3-1)45(37-25-23-32(24-26-37)34-22-21-31-11-4-5-12-33(31)29-34)38-27-28-39-35(30-38)13-10-20-42(39)46-43-18-8-6-16-40(43)41-17-7-9-19-44(41)46;1-2-14-35(15-3-1)45(36-26-24-32(25-27-36)34-23-22-31-12-4-5-13-33(31)30-34)43-28-29-44(40-17-7-6-16-39(40)43)46-41-20-10-8-18-37(41)38-19-9-11-21-42(38)46/h1-34H;2*1-30H. The molecule has 0 aliphatic heterocycles. The minimum atomic E-state index is 1.11. The molecule has 6 heteroatoms. The van der Waals surface area contributed by atoms with Gasteiger partial charge in [-0.05, 0) is 275 Å². The summed E-state index contributed by atoms with van der Waals surface area (Å²) in [7, 11) is 0. The molecular formula is C138H94N6. The zero-order valence-electron chi connectivity index (χ0n) is 79.0. The van der Waals surface area contributed by atoms with Gasteiger partial charge in [-0.15, -0.1) is 0 Å². The predicted octanol–water partition coefficient (Wildman–Crippen LogP) is 38.3. The van der Waals surface area contributed by atoms with Crippen molar-refractivity contribution in [1.29, 1.82) is 0 Å². The molecular weight excluding hydrogens is 1740 g/mol. The van der Waals surface area contributed by atoms with Crippen LogP contribution in [0.5, 0.6) is 0 Å². The number of fused-ring (bicyclic) bond motifs is 16. The Hall–Kier alpha value is -19.1. The molecule has 0 saturated carbocycles. The topological polar surface area (TPSA) is 24.5 Å². The normalized spacial score (nSPS) is 11.5. The van der Waals surface area contributed by atoms with Gasteiger partial charge in [0.25, 0.3) is 0 Å². The number of anilines is 9. The highest BCUT2D eigenvalue weighted by molar-refractivity contribution is 6.15. The van der Waals surface area contributed by atoms with Gasteiger partial charge < -0.3 is 28.4 Å². The van der Waals surface area contributed by atoms with E-state index >= 15 is 0 Å². The monoisotopic (exact) mass is 1830 g/mol. The number of para-hydroxylation sites is 9. The van der Waals surface area contributed by atoms with Crippen LogP contribution in [0.4, 0.5) is 51.2 Å². The maximum atomic E-state index is 2.42. The molecule has 676 valence electrons. The number of hydrogen-bond acceptors (Lipinski definition) is 3. The molecule has 0 bridgehead atoms. The average molecular weight is 1840 g/mol. The van der Waals surface area contributed by atoms with Crippen LogP contribution in [0, 0.1) is 0 Å². The van der Waals surface area contributed by atoms with Crippen LogP contribution in [0.25, 0.3) is 192 Å². The molecule has 0 aliphatic carbocycles. The van der Waals surface area contributed by atoms with Crippen molar-refractivity contribution in [3.63, 3.8) is 0 Å². The maximum absolute atomic E-state index is 2.42. The summed E-state index contributed by atoms with van der Waals surface area (Å²) in [4.78, 5) is 7.05. The van der Waals surface area contributed by atoms with Gasteiger partial charge in [-0.3, -0.25) is 0 Å². The highest BCUT2D eigenvalue weighted by Crippen LogP contribution is 2.48. The molecule has 0 unspecified atom stereocenters. The molecule has 25 aromatic carbocycles. The predicted molar refractivity (Wildman–Crippen MR) is 613 cm³/mol. The fourth-order valence-electron chi connectivity index (χ4n) is 21.8. The van der Waals surface area contributed by atoms with Gasteiger partial charge in [0.15, 0.2) is 0 Å². The highest BCUT2D eigenvalue weighted by Gasteiger charge is 2.24. The third kappa shape index (κ3) is 15.7. The summed E-state index contributed by atoms with van der Waals surface area (Å²) in [6, 6.07) is 206. The number of aromatic nitrogens is 3. The second kappa shape index (κ2) is 37.0. The van der Waals surface area contributed by atoms with Gasteiger partial charge >= 0.3 is 0 Å². The van der Waals surface area contributed by atoms with Crippen LogP contribution in [0.2, 0.25) is 0 Å². The zero-order chi connectivity index (χ0) is 95.3. The van der Waals surface area contributed by atoms with Gasteiger partial charge in [0, 0.05) is 99.7 Å². The number of rotatable bonds is 16. The molecule has 0 N–H and O–H groups in total. The first-order chi connectivity index (χ1) is 71.4. The lowest BCUT2D eigenvalue weighted by molar-refractivity contribution is 1.18. The summed E-state index contributed by atoms with van der Waals surface area (Å²) in [6.45, 7) is 0. The lowest BCUT2D eigenvalue weighted by Gasteiger charge is -2.28. The molecule has 0 amide bonds. The van der Waals surface area contributed by atoms with Crippen molar-refractivity contribution < 1.29 is 0 Å². The minimum absolute atomic E-state index is 1.11. The Kier molecular flexibility index (Phi) is 21.9. The van der Waals surface area contributed by atoms with Gasteiger partial charge in [-0.25, -0.2) is 0 Å². The molecule has 3 aromatic heterocycles. The van der Waals surface area contributed by atoms with E-state index in [-0.39, 0.29) is 0 Å². The molecule has 28 aromatic rings. The lowest BCUT2D eigenvalue weighted by Crippen LogP contribution is -2.11. The molecule has 0 atom stereocenters. The van der Waals surface area contributed by atoms with Gasteiger partial charge in [-0.1, -0.05) is 388 Å². The van der Waals surface area contributed by atoms with E-state index in [9.17, 15) is 0 Å². The highest BCUT2D eigenvalue weighted by atomic mass is 15.2. The van der Waals surface area contributed by atoms with Crippen LogP contribution in [-0.2, 0) is 0 Å². The third-order valence-corrected chi connectivity index (χ3v) is 28.7. The second-order valence-corrected chi connectivity index (χ2v) is 37.0. The molecule has 28 rings (SSSR count). The third-order valence-electron chi connectivity index (χ3n) is 28.7. The van der Waals surface area contributed by atoms with E-state index in [1.165, 1.54) is 186 Å². The van der Waals surface area contributed by atoms with Crippen LogP contribution in [0.3, 0.4) is 0 Å². The summed E-state index contributed by atoms with van der Waals surface area (Å²) in [5.41, 5.74) is 30.6. The van der Waals surface area contributed by atoms with Gasteiger partial charge in [0.2, 0.25) is 0 Å². The Bertz CT molecular complexity index is 9530. The van der Waals surface area contributed by atoms with Gasteiger partial charge in [0.05, 0.1) is 50.2 Å². The second-order valence-electron chi connectivity index (χ2n) is 37.0. The van der Waals surface area contributed by atoms with Crippen molar-refractivity contribution in [3.8, 4) is 61.6 Å². The fourth-order valence-corrected chi connectivity index (χ4v) is 21.8. The molecule has 0 aliphatic rings. The van der Waals surface area contributed by atoms with E-state index in [2.05, 4.69) is 599 Å². The largest absolute Gasteiger partial charge is 0.311 e. The Balaban J connectivity index is 0.000000110. The van der Waals surface area contributed by atoms with Gasteiger partial charge in [-0.2, -0.15) is 0 Å². The zero-order valence-corrected chi connectivity index (χ0v) is 79.0. The fraction of sp³-hybridized carbons (Fsp3) is 0. The first kappa shape index (κ1) is 85.3. The molecule has 6 nitrogen and oxygen atoms in total. The van der Waals surface area contributed by atoms with E-state index in [1.807, 2.05) is 0 Å². The van der Waals surface area contributed by atoms with E-state index < -0.39 is 0 Å². The Morgan fingerprint density at radius 3 is 0.833 bits per heavy atom. The minimum Gasteiger partial charge on any atom is -0.311 e. The Morgan fingerprint density at radius 2 is 0.396 bits per heavy atom. The van der Waals surface area contributed by atoms with Crippen molar-refractivity contribution in [3.05, 3.63) is 570 Å². The molecule has 0 fully saturated rings. The van der Waals surface area contributed by atoms with Crippen molar-refractivity contribution >= 4 is 181 Å². The lowest BCUT2D eigenvalue weighted by atomic mass is 9.97. The maximum Gasteiger partial charge on any atom is 0.0542 e. The molecule has 0 radical (unpaired) electrons. The van der Waals surface area contributed by atoms with Crippen LogP contribution in [-0.4, -0.2) is 13.7 Å². The molecule has 0 spiro atoms. The van der Waals surface area contributed by atoms with Crippen LogP contribution < -0.4 is 14.7 Å². The van der Waals surface area contributed by atoms with Crippen molar-refractivity contribution in [1.82, 2.24) is 13.7 Å². The van der Waals surface area contributed by atoms with Crippen molar-refractivity contribution in [2.75, 3.05) is 14.7 Å². The summed E-state index contributed by atoms with van der Waals surface area (Å²) in [5.74, 6) is 0. The summed E-state index contributed by atoms with van der Waals surface area (Å²) < 4.78 is 7.19. The number of nitrogens with zero attached hydrogens (tertiary/aromatic N) is 6. The Labute approximate surface area is 835 Å². The van der Waals surface area contributed by atoms with E-state index in [0.29, 0.717) is 0 Å². The smallest absolute Gasteiger partial charge is 0.0542 e. The summed E-state index contributed by atoms with van der Waals surface area (Å²) >= 11 is 0. The first-order valence-electron chi connectivity index (χ1n) is 49.4. The molecule has 144 heavy (non-hydrogen) atoms. The number of benzene rings is 25. The molecule has 3 heterocycles. The van der Waals surface area contributed by atoms with E-state index in [4.69, 9.17) is 0 Å². The van der Waals surface area contributed by atoms with Crippen LogP contribution in [0.15, 0.2) is 570 Å². The summed E-state index contributed by atoms with van der Waals surface area (Å²) in [6.07, 6.45) is 0. The van der Waals surface area contributed by atoms with E-state index in [1.54, 1.807) is 0 Å². The average Bonchev–Trinajstić information content (AvgIpc) is 1.56. The molecule has 0 saturated heterocycles. The van der Waals surface area contributed by atoms with Crippen molar-refractivity contribution in [2.45, 2.75) is 0 Å². The summed E-state index contributed by atoms with van der Waals surface area (Å²) in [5, 5.41) is 22.6. The SMILES string of the molecule is c1ccc(N(c2ccc(-c3ccc(-n4c5ccccc5c5ccccc54)cc3)cc2)c2ccc(-c3ccc4ccc5ccccc5c4c3)cc2)cc1.c1ccc(N(c2ccc(-c3ccc4ccccc4c3)cc2)c2ccc(-n3c4ccccc4c4ccccc43)c3ccccc23)cc1.c1ccc(N(c2ccc(-c3ccc4ccccc4c3)cc2)c2ccc3c(-n4c5ccccc5c5ccccc54)cccc3c2)cc1. The van der Waals surface area contributed by atoms with Gasteiger partial charge in [0.1, 0.15) is 0 Å². The quantitative estimate of drug-likeness (QED) is 0.0901. The van der Waals surface area contributed by atoms with Crippen LogP contribution in [0.1, 0.15) is 0 Å². The first-order valence-corrected chi connectivity index (χ1v) is 49.4. The number of hydrogen-bond donors (Lipinski definition) is 0. The van der Waals surface area contributed by atoms with Crippen LogP contribution >= 0.6 is 0 Å². The van der Waals surface area contributed by atoms with Crippen molar-refractivity contribution in [2.24, 2.45) is 0 Å².